The first-order valence-corrected chi connectivity index (χ1v) is 7.43. The lowest BCUT2D eigenvalue weighted by atomic mass is 9.88. The molecule has 3 rings (SSSR count). The van der Waals surface area contributed by atoms with Crippen molar-refractivity contribution in [3.05, 3.63) is 65.7 Å². The highest BCUT2D eigenvalue weighted by atomic mass is 16.1. The molecule has 0 atom stereocenters. The van der Waals surface area contributed by atoms with E-state index in [4.69, 9.17) is 5.73 Å². The summed E-state index contributed by atoms with van der Waals surface area (Å²) in [5, 5.41) is 3.26. The van der Waals surface area contributed by atoms with Crippen molar-refractivity contribution < 1.29 is 4.79 Å². The van der Waals surface area contributed by atoms with Gasteiger partial charge in [0.1, 0.15) is 0 Å². The summed E-state index contributed by atoms with van der Waals surface area (Å²) in [4.78, 5) is 12.6. The highest BCUT2D eigenvalue weighted by molar-refractivity contribution is 5.95. The number of nitrogen functional groups attached to an aromatic ring is 1. The lowest BCUT2D eigenvalue weighted by Crippen LogP contribution is -2.43. The zero-order valence-electron chi connectivity index (χ0n) is 12.0. The minimum absolute atomic E-state index is 0.0481. The normalized spacial score (nSPS) is 16.6. The molecule has 1 aliphatic rings. The van der Waals surface area contributed by atoms with Gasteiger partial charge in [0, 0.05) is 11.3 Å². The molecule has 1 aliphatic carbocycles. The molecule has 3 N–H and O–H groups in total. The molecule has 108 valence electrons. The summed E-state index contributed by atoms with van der Waals surface area (Å²) in [7, 11) is 0. The first-order chi connectivity index (χ1) is 10.2. The standard InChI is InChI=1S/C18H20N2O/c19-16-10-6-7-14(13-16)17(21)20-18(11-4-5-12-18)15-8-2-1-3-9-15/h1-3,6-10,13H,4-5,11-12,19H2,(H,20,21). The molecule has 0 aromatic heterocycles. The Morgan fingerprint density at radius 3 is 2.38 bits per heavy atom. The molecule has 0 saturated heterocycles. The van der Waals surface area contributed by atoms with Crippen LogP contribution in [0.2, 0.25) is 0 Å². The number of carbonyl (C=O) groups is 1. The van der Waals surface area contributed by atoms with Gasteiger partial charge in [-0.2, -0.15) is 0 Å². The van der Waals surface area contributed by atoms with Crippen LogP contribution in [0.1, 0.15) is 41.6 Å². The molecule has 1 fully saturated rings. The van der Waals surface area contributed by atoms with Crippen molar-refractivity contribution in [2.45, 2.75) is 31.2 Å². The molecular formula is C18H20N2O. The van der Waals surface area contributed by atoms with E-state index < -0.39 is 0 Å². The van der Waals surface area contributed by atoms with Crippen LogP contribution in [0.25, 0.3) is 0 Å². The van der Waals surface area contributed by atoms with E-state index in [1.165, 1.54) is 5.56 Å². The Kier molecular flexibility index (Phi) is 3.65. The molecule has 21 heavy (non-hydrogen) atoms. The fraction of sp³-hybridized carbons (Fsp3) is 0.278. The van der Waals surface area contributed by atoms with Crippen LogP contribution in [0.4, 0.5) is 5.69 Å². The van der Waals surface area contributed by atoms with Crippen LogP contribution >= 0.6 is 0 Å². The van der Waals surface area contributed by atoms with Gasteiger partial charge in [0.2, 0.25) is 0 Å². The molecule has 2 aromatic carbocycles. The number of benzene rings is 2. The molecule has 1 amide bonds. The average Bonchev–Trinajstić information content (AvgIpc) is 2.98. The molecule has 0 spiro atoms. The molecule has 0 unspecified atom stereocenters. The topological polar surface area (TPSA) is 55.1 Å². The number of hydrogen-bond acceptors (Lipinski definition) is 2. The van der Waals surface area contributed by atoms with Crippen LogP contribution in [0, 0.1) is 0 Å². The van der Waals surface area contributed by atoms with Crippen molar-refractivity contribution >= 4 is 11.6 Å². The van der Waals surface area contributed by atoms with Crippen LogP contribution in [0.3, 0.4) is 0 Å². The van der Waals surface area contributed by atoms with Gasteiger partial charge in [0.15, 0.2) is 0 Å². The van der Waals surface area contributed by atoms with E-state index in [2.05, 4.69) is 17.4 Å². The highest BCUT2D eigenvalue weighted by Gasteiger charge is 2.37. The maximum atomic E-state index is 12.6. The van der Waals surface area contributed by atoms with Crippen molar-refractivity contribution in [2.24, 2.45) is 0 Å². The molecule has 0 radical (unpaired) electrons. The Labute approximate surface area is 125 Å². The van der Waals surface area contributed by atoms with E-state index >= 15 is 0 Å². The predicted molar refractivity (Wildman–Crippen MR) is 84.9 cm³/mol. The summed E-state index contributed by atoms with van der Waals surface area (Å²) in [5.74, 6) is -0.0481. The lowest BCUT2D eigenvalue weighted by Gasteiger charge is -2.31. The number of nitrogens with one attached hydrogen (secondary N) is 1. The summed E-state index contributed by atoms with van der Waals surface area (Å²) in [6.45, 7) is 0. The quantitative estimate of drug-likeness (QED) is 0.846. The summed E-state index contributed by atoms with van der Waals surface area (Å²) in [6, 6.07) is 17.4. The van der Waals surface area contributed by atoms with Crippen molar-refractivity contribution in [3.8, 4) is 0 Å². The van der Waals surface area contributed by atoms with Crippen LogP contribution in [-0.4, -0.2) is 5.91 Å². The third-order valence-corrected chi connectivity index (χ3v) is 4.29. The van der Waals surface area contributed by atoms with Gasteiger partial charge in [-0.1, -0.05) is 49.2 Å². The number of amides is 1. The lowest BCUT2D eigenvalue weighted by molar-refractivity contribution is 0.0898. The van der Waals surface area contributed by atoms with E-state index in [9.17, 15) is 4.79 Å². The predicted octanol–water partition coefficient (Wildman–Crippen LogP) is 3.47. The van der Waals surface area contributed by atoms with Gasteiger partial charge < -0.3 is 11.1 Å². The molecule has 3 nitrogen and oxygen atoms in total. The molecule has 0 bridgehead atoms. The zero-order chi connectivity index (χ0) is 14.7. The smallest absolute Gasteiger partial charge is 0.252 e. The SMILES string of the molecule is Nc1cccc(C(=O)NC2(c3ccccc3)CCCC2)c1. The van der Waals surface area contributed by atoms with Crippen LogP contribution in [0.5, 0.6) is 0 Å². The van der Waals surface area contributed by atoms with Gasteiger partial charge in [-0.25, -0.2) is 0 Å². The number of carbonyl (C=O) groups excluding carboxylic acids is 1. The fourth-order valence-corrected chi connectivity index (χ4v) is 3.19. The van der Waals surface area contributed by atoms with Gasteiger partial charge in [-0.05, 0) is 36.6 Å². The molecular weight excluding hydrogens is 260 g/mol. The largest absolute Gasteiger partial charge is 0.399 e. The van der Waals surface area contributed by atoms with Gasteiger partial charge in [0.05, 0.1) is 5.54 Å². The minimum atomic E-state index is -0.233. The number of rotatable bonds is 3. The number of nitrogens with two attached hydrogens (primary N) is 1. The molecule has 0 heterocycles. The van der Waals surface area contributed by atoms with Crippen LogP contribution < -0.4 is 11.1 Å². The van der Waals surface area contributed by atoms with Gasteiger partial charge >= 0.3 is 0 Å². The summed E-state index contributed by atoms with van der Waals surface area (Å²) < 4.78 is 0. The first-order valence-electron chi connectivity index (χ1n) is 7.43. The van der Waals surface area contributed by atoms with E-state index in [0.717, 1.165) is 25.7 Å². The van der Waals surface area contributed by atoms with E-state index in [1.54, 1.807) is 18.2 Å². The molecule has 0 aliphatic heterocycles. The second-order valence-electron chi connectivity index (χ2n) is 5.73. The molecule has 3 heteroatoms. The first kappa shape index (κ1) is 13.7. The van der Waals surface area contributed by atoms with Crippen molar-refractivity contribution in [1.82, 2.24) is 5.32 Å². The van der Waals surface area contributed by atoms with Gasteiger partial charge in [-0.3, -0.25) is 4.79 Å². The number of anilines is 1. The third kappa shape index (κ3) is 2.77. The Hall–Kier alpha value is -2.29. The minimum Gasteiger partial charge on any atom is -0.399 e. The average molecular weight is 280 g/mol. The molecule has 2 aromatic rings. The van der Waals surface area contributed by atoms with Crippen molar-refractivity contribution in [3.63, 3.8) is 0 Å². The van der Waals surface area contributed by atoms with Gasteiger partial charge in [0.25, 0.3) is 5.91 Å². The highest BCUT2D eigenvalue weighted by Crippen LogP contribution is 2.38. The summed E-state index contributed by atoms with van der Waals surface area (Å²) in [6.07, 6.45) is 4.27. The maximum absolute atomic E-state index is 12.6. The monoisotopic (exact) mass is 280 g/mol. The Morgan fingerprint density at radius 2 is 1.71 bits per heavy atom. The maximum Gasteiger partial charge on any atom is 0.252 e. The summed E-state index contributed by atoms with van der Waals surface area (Å²) in [5.41, 5.74) is 7.97. The molecule has 1 saturated carbocycles. The van der Waals surface area contributed by atoms with E-state index in [0.29, 0.717) is 11.3 Å². The summed E-state index contributed by atoms with van der Waals surface area (Å²) >= 11 is 0. The number of hydrogen-bond donors (Lipinski definition) is 2. The zero-order valence-corrected chi connectivity index (χ0v) is 12.0. The van der Waals surface area contributed by atoms with E-state index in [-0.39, 0.29) is 11.4 Å². The second kappa shape index (κ2) is 5.60. The van der Waals surface area contributed by atoms with Crippen molar-refractivity contribution in [2.75, 3.05) is 5.73 Å². The second-order valence-corrected chi connectivity index (χ2v) is 5.73. The third-order valence-electron chi connectivity index (χ3n) is 4.29. The Balaban J connectivity index is 1.88. The van der Waals surface area contributed by atoms with E-state index in [1.807, 2.05) is 24.3 Å². The fourth-order valence-electron chi connectivity index (χ4n) is 3.19. The van der Waals surface area contributed by atoms with Crippen molar-refractivity contribution in [1.29, 1.82) is 0 Å². The van der Waals surface area contributed by atoms with Crippen LogP contribution in [-0.2, 0) is 5.54 Å². The Bertz CT molecular complexity index is 631. The van der Waals surface area contributed by atoms with Gasteiger partial charge in [-0.15, -0.1) is 0 Å². The Morgan fingerprint density at radius 1 is 1.00 bits per heavy atom. The van der Waals surface area contributed by atoms with Crippen LogP contribution in [0.15, 0.2) is 54.6 Å².